The van der Waals surface area contributed by atoms with Crippen LogP contribution in [-0.4, -0.2) is 30.9 Å². The van der Waals surface area contributed by atoms with Gasteiger partial charge in [0.15, 0.2) is 6.04 Å². The van der Waals surface area contributed by atoms with Gasteiger partial charge >= 0.3 is 5.97 Å². The zero-order valence-corrected chi connectivity index (χ0v) is 11.7. The third-order valence-electron chi connectivity index (χ3n) is 3.70. The fourth-order valence-electron chi connectivity index (χ4n) is 2.61. The number of aryl methyl sites for hydroxylation is 1. The molecule has 2 heterocycles. The van der Waals surface area contributed by atoms with Gasteiger partial charge in [0.25, 0.3) is 0 Å². The van der Waals surface area contributed by atoms with Crippen LogP contribution < -0.4 is 4.74 Å². The first-order chi connectivity index (χ1) is 9.78. The third-order valence-corrected chi connectivity index (χ3v) is 3.70. The maximum atomic E-state index is 11.4. The summed E-state index contributed by atoms with van der Waals surface area (Å²) in [7, 11) is 0. The van der Waals surface area contributed by atoms with Crippen molar-refractivity contribution >= 4 is 11.7 Å². The van der Waals surface area contributed by atoms with Gasteiger partial charge in [0.1, 0.15) is 5.75 Å². The number of esters is 1. The summed E-state index contributed by atoms with van der Waals surface area (Å²) in [5.74, 6) is 0.833. The topological polar surface area (TPSA) is 47.9 Å². The molecule has 1 aromatic carbocycles. The molecule has 0 spiro atoms. The van der Waals surface area contributed by atoms with Crippen molar-refractivity contribution in [1.29, 1.82) is 0 Å². The molecule has 2 aliphatic heterocycles. The molecule has 0 radical (unpaired) electrons. The smallest absolute Gasteiger partial charge is 0.336 e. The third kappa shape index (κ3) is 2.84. The minimum absolute atomic E-state index is 0.197. The van der Waals surface area contributed by atoms with Crippen molar-refractivity contribution < 1.29 is 14.3 Å². The van der Waals surface area contributed by atoms with Gasteiger partial charge in [-0.2, -0.15) is 0 Å². The highest BCUT2D eigenvalue weighted by Gasteiger charge is 2.35. The summed E-state index contributed by atoms with van der Waals surface area (Å²) in [4.78, 5) is 15.6. The maximum Gasteiger partial charge on any atom is 0.336 e. The Balaban J connectivity index is 1.43. The van der Waals surface area contributed by atoms with Crippen molar-refractivity contribution in [2.75, 3.05) is 13.2 Å². The Morgan fingerprint density at radius 2 is 2.35 bits per heavy atom. The van der Waals surface area contributed by atoms with Gasteiger partial charge in [-0.05, 0) is 43.4 Å². The summed E-state index contributed by atoms with van der Waals surface area (Å²) < 4.78 is 10.4. The molecule has 0 saturated heterocycles. The average molecular weight is 273 g/mol. The second-order valence-electron chi connectivity index (χ2n) is 5.17. The van der Waals surface area contributed by atoms with Crippen LogP contribution in [0.3, 0.4) is 0 Å². The van der Waals surface area contributed by atoms with Gasteiger partial charge in [-0.25, -0.2) is 4.79 Å². The Labute approximate surface area is 118 Å². The molecule has 0 saturated carbocycles. The van der Waals surface area contributed by atoms with E-state index in [0.717, 1.165) is 43.8 Å². The van der Waals surface area contributed by atoms with Crippen molar-refractivity contribution in [2.45, 2.75) is 38.6 Å². The molecule has 106 valence electrons. The van der Waals surface area contributed by atoms with Gasteiger partial charge < -0.3 is 9.47 Å². The standard InChI is InChI=1S/C16H19NO3/c1-2-19-16(18)15-13(17-15)5-3-4-11-6-7-14-12(10-11)8-9-20-14/h6-7,10,15H,2-5,8-9H2,1H3. The molecule has 0 amide bonds. The highest BCUT2D eigenvalue weighted by molar-refractivity contribution is 6.16. The zero-order chi connectivity index (χ0) is 13.9. The molecule has 1 atom stereocenters. The zero-order valence-electron chi connectivity index (χ0n) is 11.7. The van der Waals surface area contributed by atoms with Crippen molar-refractivity contribution in [2.24, 2.45) is 4.99 Å². The molecule has 2 aliphatic rings. The number of ether oxygens (including phenoxy) is 2. The summed E-state index contributed by atoms with van der Waals surface area (Å²) in [5, 5.41) is 0. The van der Waals surface area contributed by atoms with E-state index in [1.165, 1.54) is 11.1 Å². The lowest BCUT2D eigenvalue weighted by Gasteiger charge is -2.03. The Kier molecular flexibility index (Phi) is 3.72. The fourth-order valence-corrected chi connectivity index (χ4v) is 2.61. The van der Waals surface area contributed by atoms with Gasteiger partial charge in [-0.3, -0.25) is 4.99 Å². The van der Waals surface area contributed by atoms with Crippen LogP contribution in [0.15, 0.2) is 23.2 Å². The predicted octanol–water partition coefficient (Wildman–Crippen LogP) is 2.33. The molecule has 4 nitrogen and oxygen atoms in total. The summed E-state index contributed by atoms with van der Waals surface area (Å²) >= 11 is 0. The van der Waals surface area contributed by atoms with E-state index in [1.54, 1.807) is 0 Å². The average Bonchev–Trinajstić information content (AvgIpc) is 3.07. The second kappa shape index (κ2) is 5.65. The lowest BCUT2D eigenvalue weighted by atomic mass is 10.0. The van der Waals surface area contributed by atoms with Crippen LogP contribution >= 0.6 is 0 Å². The summed E-state index contributed by atoms with van der Waals surface area (Å²) in [6, 6.07) is 6.15. The number of aliphatic imine (C=N–C) groups is 1. The number of benzene rings is 1. The van der Waals surface area contributed by atoms with Crippen molar-refractivity contribution in [3.05, 3.63) is 29.3 Å². The Hall–Kier alpha value is -1.84. The van der Waals surface area contributed by atoms with Gasteiger partial charge in [-0.15, -0.1) is 0 Å². The Morgan fingerprint density at radius 1 is 1.45 bits per heavy atom. The van der Waals surface area contributed by atoms with Crippen LogP contribution in [0.5, 0.6) is 5.75 Å². The first-order valence-electron chi connectivity index (χ1n) is 7.25. The number of fused-ring (bicyclic) bond motifs is 1. The first kappa shape index (κ1) is 13.2. The molecule has 1 unspecified atom stereocenters. The quantitative estimate of drug-likeness (QED) is 0.747. The highest BCUT2D eigenvalue weighted by atomic mass is 16.5. The van der Waals surface area contributed by atoms with Crippen molar-refractivity contribution in [1.82, 2.24) is 0 Å². The van der Waals surface area contributed by atoms with Gasteiger partial charge in [0.05, 0.1) is 13.2 Å². The Bertz CT molecular complexity index is 551. The molecule has 3 rings (SSSR count). The van der Waals surface area contributed by atoms with E-state index >= 15 is 0 Å². The number of hydrogen-bond acceptors (Lipinski definition) is 4. The molecule has 0 aliphatic carbocycles. The summed E-state index contributed by atoms with van der Waals surface area (Å²) in [5.41, 5.74) is 3.65. The number of carbonyl (C=O) groups excluding carboxylic acids is 1. The normalized spacial score (nSPS) is 19.1. The van der Waals surface area contributed by atoms with E-state index in [0.29, 0.717) is 6.61 Å². The molecule has 4 heteroatoms. The lowest BCUT2D eigenvalue weighted by molar-refractivity contribution is -0.142. The molecular formula is C16H19NO3. The van der Waals surface area contributed by atoms with E-state index in [-0.39, 0.29) is 12.0 Å². The molecular weight excluding hydrogens is 254 g/mol. The van der Waals surface area contributed by atoms with Gasteiger partial charge in [-0.1, -0.05) is 12.1 Å². The van der Waals surface area contributed by atoms with E-state index in [9.17, 15) is 4.79 Å². The molecule has 20 heavy (non-hydrogen) atoms. The number of hydrogen-bond donors (Lipinski definition) is 0. The Morgan fingerprint density at radius 3 is 3.20 bits per heavy atom. The lowest BCUT2D eigenvalue weighted by Crippen LogP contribution is -2.16. The fraction of sp³-hybridized carbons (Fsp3) is 0.500. The van der Waals surface area contributed by atoms with Crippen LogP contribution in [-0.2, 0) is 22.4 Å². The van der Waals surface area contributed by atoms with Gasteiger partial charge in [0.2, 0.25) is 0 Å². The van der Waals surface area contributed by atoms with Crippen LogP contribution in [0.4, 0.5) is 0 Å². The molecule has 0 bridgehead atoms. The summed E-state index contributed by atoms with van der Waals surface area (Å²) in [6.45, 7) is 3.05. The SMILES string of the molecule is CCOC(=O)C1N=C1CCCc1ccc2c(c1)CCO2. The van der Waals surface area contributed by atoms with E-state index in [1.807, 2.05) is 6.92 Å². The minimum Gasteiger partial charge on any atom is -0.493 e. The predicted molar refractivity (Wildman–Crippen MR) is 76.4 cm³/mol. The number of carbonyl (C=O) groups is 1. The number of rotatable bonds is 6. The van der Waals surface area contributed by atoms with Crippen molar-refractivity contribution in [3.8, 4) is 5.75 Å². The summed E-state index contributed by atoms with van der Waals surface area (Å²) in [6.07, 6.45) is 3.94. The van der Waals surface area contributed by atoms with Crippen LogP contribution in [0, 0.1) is 0 Å². The van der Waals surface area contributed by atoms with Crippen molar-refractivity contribution in [3.63, 3.8) is 0 Å². The molecule has 1 aromatic rings. The first-order valence-corrected chi connectivity index (χ1v) is 7.25. The second-order valence-corrected chi connectivity index (χ2v) is 5.17. The van der Waals surface area contributed by atoms with E-state index in [4.69, 9.17) is 9.47 Å². The monoisotopic (exact) mass is 273 g/mol. The maximum absolute atomic E-state index is 11.4. The molecule has 0 N–H and O–H groups in total. The number of nitrogens with zero attached hydrogens (tertiary/aromatic N) is 1. The van der Waals surface area contributed by atoms with Crippen LogP contribution in [0.25, 0.3) is 0 Å². The minimum atomic E-state index is -0.275. The molecule has 0 aromatic heterocycles. The highest BCUT2D eigenvalue weighted by Crippen LogP contribution is 2.27. The van der Waals surface area contributed by atoms with Crippen LogP contribution in [0.2, 0.25) is 0 Å². The molecule has 0 fully saturated rings. The van der Waals surface area contributed by atoms with Gasteiger partial charge in [0, 0.05) is 12.1 Å². The van der Waals surface area contributed by atoms with E-state index in [2.05, 4.69) is 23.2 Å². The van der Waals surface area contributed by atoms with E-state index < -0.39 is 0 Å². The largest absolute Gasteiger partial charge is 0.493 e. The van der Waals surface area contributed by atoms with Crippen LogP contribution in [0.1, 0.15) is 30.9 Å².